The molecule has 0 fully saturated rings. The van der Waals surface area contributed by atoms with Crippen LogP contribution < -0.4 is 10.1 Å². The van der Waals surface area contributed by atoms with E-state index in [9.17, 15) is 4.79 Å². The summed E-state index contributed by atoms with van der Waals surface area (Å²) in [7, 11) is 1.60. The van der Waals surface area contributed by atoms with Gasteiger partial charge in [-0.1, -0.05) is 4.49 Å². The quantitative estimate of drug-likeness (QED) is 0.800. The molecule has 0 unspecified atom stereocenters. The van der Waals surface area contributed by atoms with E-state index in [0.29, 0.717) is 15.7 Å². The van der Waals surface area contributed by atoms with Gasteiger partial charge in [0.25, 0.3) is 5.91 Å². The summed E-state index contributed by atoms with van der Waals surface area (Å²) >= 11 is 2.42. The number of benzene rings is 1. The van der Waals surface area contributed by atoms with Gasteiger partial charge in [-0.15, -0.1) is 16.4 Å². The van der Waals surface area contributed by atoms with Crippen LogP contribution in [0, 0.1) is 0 Å². The SMILES string of the molecule is COc1ccc(-c2nnsc2C(=O)Nc2nccs2)cc1. The number of methoxy groups -OCH3 is 1. The third-order valence-electron chi connectivity index (χ3n) is 2.71. The maximum absolute atomic E-state index is 12.3. The predicted octanol–water partition coefficient (Wildman–Crippen LogP) is 2.92. The van der Waals surface area contributed by atoms with Gasteiger partial charge in [-0.05, 0) is 35.8 Å². The highest BCUT2D eigenvalue weighted by Gasteiger charge is 2.18. The van der Waals surface area contributed by atoms with Crippen molar-refractivity contribution >= 4 is 33.9 Å². The van der Waals surface area contributed by atoms with Crippen LogP contribution in [0.2, 0.25) is 0 Å². The minimum Gasteiger partial charge on any atom is -0.497 e. The summed E-state index contributed by atoms with van der Waals surface area (Å²) in [5.41, 5.74) is 1.37. The molecule has 0 aliphatic rings. The van der Waals surface area contributed by atoms with Gasteiger partial charge in [-0.25, -0.2) is 4.98 Å². The van der Waals surface area contributed by atoms with E-state index < -0.39 is 0 Å². The number of anilines is 1. The van der Waals surface area contributed by atoms with E-state index in [4.69, 9.17) is 4.74 Å². The molecule has 0 aliphatic carbocycles. The van der Waals surface area contributed by atoms with Crippen LogP contribution in [0.15, 0.2) is 35.8 Å². The Hall–Kier alpha value is -2.32. The zero-order chi connectivity index (χ0) is 14.7. The molecule has 8 heteroatoms. The van der Waals surface area contributed by atoms with Crippen molar-refractivity contribution in [1.29, 1.82) is 0 Å². The van der Waals surface area contributed by atoms with Gasteiger partial charge in [-0.3, -0.25) is 10.1 Å². The summed E-state index contributed by atoms with van der Waals surface area (Å²) in [5, 5.41) is 9.12. The lowest BCUT2D eigenvalue weighted by Crippen LogP contribution is -2.11. The minimum atomic E-state index is -0.259. The number of aromatic nitrogens is 3. The Balaban J connectivity index is 1.87. The summed E-state index contributed by atoms with van der Waals surface area (Å²) in [6, 6.07) is 7.32. The van der Waals surface area contributed by atoms with Gasteiger partial charge < -0.3 is 4.74 Å². The molecule has 0 aliphatic heterocycles. The van der Waals surface area contributed by atoms with Crippen LogP contribution >= 0.6 is 22.9 Å². The summed E-state index contributed by atoms with van der Waals surface area (Å²) in [6.07, 6.45) is 1.63. The van der Waals surface area contributed by atoms with Gasteiger partial charge in [0.05, 0.1) is 7.11 Å². The third kappa shape index (κ3) is 2.91. The molecule has 0 saturated heterocycles. The molecule has 3 rings (SSSR count). The second-order valence-electron chi connectivity index (χ2n) is 3.97. The van der Waals surface area contributed by atoms with Crippen molar-refractivity contribution < 1.29 is 9.53 Å². The molecule has 3 aromatic rings. The number of thiazole rings is 1. The molecular weight excluding hydrogens is 308 g/mol. The normalized spacial score (nSPS) is 10.3. The molecule has 106 valence electrons. The van der Waals surface area contributed by atoms with Crippen molar-refractivity contribution in [3.05, 3.63) is 40.7 Å². The van der Waals surface area contributed by atoms with E-state index >= 15 is 0 Å². The van der Waals surface area contributed by atoms with E-state index in [1.807, 2.05) is 24.3 Å². The zero-order valence-corrected chi connectivity index (χ0v) is 12.6. The molecule has 0 radical (unpaired) electrons. The van der Waals surface area contributed by atoms with Crippen LogP contribution in [0.25, 0.3) is 11.3 Å². The first-order valence-corrected chi connectivity index (χ1v) is 7.61. The number of nitrogens with one attached hydrogen (secondary N) is 1. The third-order valence-corrected chi connectivity index (χ3v) is 4.12. The van der Waals surface area contributed by atoms with E-state index in [1.54, 1.807) is 18.7 Å². The van der Waals surface area contributed by atoms with Crippen molar-refractivity contribution in [2.24, 2.45) is 0 Å². The van der Waals surface area contributed by atoms with Crippen molar-refractivity contribution in [2.45, 2.75) is 0 Å². The molecule has 0 saturated carbocycles. The number of carbonyl (C=O) groups excluding carboxylic acids is 1. The monoisotopic (exact) mass is 318 g/mol. The van der Waals surface area contributed by atoms with E-state index in [2.05, 4.69) is 19.9 Å². The smallest absolute Gasteiger partial charge is 0.271 e. The van der Waals surface area contributed by atoms with E-state index in [-0.39, 0.29) is 5.91 Å². The number of carbonyl (C=O) groups is 1. The lowest BCUT2D eigenvalue weighted by molar-refractivity contribution is 0.103. The largest absolute Gasteiger partial charge is 0.497 e. The summed E-state index contributed by atoms with van der Waals surface area (Å²) in [5.74, 6) is 0.487. The molecule has 0 atom stereocenters. The van der Waals surface area contributed by atoms with Gasteiger partial charge in [0.1, 0.15) is 16.3 Å². The first-order valence-electron chi connectivity index (χ1n) is 5.95. The fourth-order valence-electron chi connectivity index (χ4n) is 1.72. The highest BCUT2D eigenvalue weighted by atomic mass is 32.1. The molecule has 2 aromatic heterocycles. The number of nitrogens with zero attached hydrogens (tertiary/aromatic N) is 3. The van der Waals surface area contributed by atoms with Gasteiger partial charge in [0.2, 0.25) is 0 Å². The van der Waals surface area contributed by atoms with Crippen LogP contribution in [0.4, 0.5) is 5.13 Å². The predicted molar refractivity (Wildman–Crippen MR) is 82.0 cm³/mol. The van der Waals surface area contributed by atoms with Crippen LogP contribution in [-0.2, 0) is 0 Å². The summed E-state index contributed by atoms with van der Waals surface area (Å²) in [4.78, 5) is 16.7. The number of rotatable bonds is 4. The molecule has 0 spiro atoms. The summed E-state index contributed by atoms with van der Waals surface area (Å²) in [6.45, 7) is 0. The average Bonchev–Trinajstić information content (AvgIpc) is 3.18. The van der Waals surface area contributed by atoms with Gasteiger partial charge in [0, 0.05) is 17.1 Å². The number of ether oxygens (including phenoxy) is 1. The van der Waals surface area contributed by atoms with Crippen molar-refractivity contribution in [3.63, 3.8) is 0 Å². The van der Waals surface area contributed by atoms with Crippen LogP contribution in [0.3, 0.4) is 0 Å². The van der Waals surface area contributed by atoms with Gasteiger partial charge in [0.15, 0.2) is 5.13 Å². The van der Waals surface area contributed by atoms with Gasteiger partial charge >= 0.3 is 0 Å². The lowest BCUT2D eigenvalue weighted by Gasteiger charge is -2.03. The lowest BCUT2D eigenvalue weighted by atomic mass is 10.1. The Bertz CT molecular complexity index is 738. The first kappa shape index (κ1) is 13.7. The maximum Gasteiger partial charge on any atom is 0.271 e. The highest BCUT2D eigenvalue weighted by molar-refractivity contribution is 7.14. The topological polar surface area (TPSA) is 77.0 Å². The standard InChI is InChI=1S/C13H10N4O2S2/c1-19-9-4-2-8(3-5-9)10-11(21-17-16-10)12(18)15-13-14-6-7-20-13/h2-7H,1H3,(H,14,15,18). The Morgan fingerprint density at radius 2 is 2.10 bits per heavy atom. The Morgan fingerprint density at radius 3 is 2.76 bits per heavy atom. The second-order valence-corrected chi connectivity index (χ2v) is 5.62. The fraction of sp³-hybridized carbons (Fsp3) is 0.0769. The fourth-order valence-corrected chi connectivity index (χ4v) is 2.82. The average molecular weight is 318 g/mol. The number of amides is 1. The molecule has 2 heterocycles. The van der Waals surface area contributed by atoms with Crippen LogP contribution in [0.1, 0.15) is 9.67 Å². The minimum absolute atomic E-state index is 0.259. The maximum atomic E-state index is 12.3. The Kier molecular flexibility index (Phi) is 3.89. The van der Waals surface area contributed by atoms with E-state index in [1.165, 1.54) is 11.3 Å². The molecule has 1 N–H and O–H groups in total. The van der Waals surface area contributed by atoms with Crippen molar-refractivity contribution in [1.82, 2.24) is 14.6 Å². The molecule has 6 nitrogen and oxygen atoms in total. The van der Waals surface area contributed by atoms with Crippen molar-refractivity contribution in [3.8, 4) is 17.0 Å². The van der Waals surface area contributed by atoms with E-state index in [0.717, 1.165) is 22.8 Å². The number of hydrogen-bond acceptors (Lipinski definition) is 7. The molecule has 1 aromatic carbocycles. The summed E-state index contributed by atoms with van der Waals surface area (Å²) < 4.78 is 8.99. The zero-order valence-electron chi connectivity index (χ0n) is 10.9. The number of hydrogen-bond donors (Lipinski definition) is 1. The van der Waals surface area contributed by atoms with Gasteiger partial charge in [-0.2, -0.15) is 0 Å². The molecule has 0 bridgehead atoms. The van der Waals surface area contributed by atoms with Crippen LogP contribution in [0.5, 0.6) is 5.75 Å². The molecule has 21 heavy (non-hydrogen) atoms. The highest BCUT2D eigenvalue weighted by Crippen LogP contribution is 2.26. The second kappa shape index (κ2) is 5.98. The van der Waals surface area contributed by atoms with Crippen LogP contribution in [-0.4, -0.2) is 27.6 Å². The Labute approximate surface area is 128 Å². The Morgan fingerprint density at radius 1 is 1.29 bits per heavy atom. The molecular formula is C13H10N4O2S2. The molecule has 1 amide bonds. The first-order chi connectivity index (χ1) is 10.3. The van der Waals surface area contributed by atoms with Crippen molar-refractivity contribution in [2.75, 3.05) is 12.4 Å².